The Kier molecular flexibility index (Phi) is 4.46. The van der Waals surface area contributed by atoms with E-state index in [0.29, 0.717) is 5.82 Å². The Morgan fingerprint density at radius 2 is 1.96 bits per heavy atom. The van der Waals surface area contributed by atoms with Crippen molar-refractivity contribution in [3.63, 3.8) is 0 Å². The predicted octanol–water partition coefficient (Wildman–Crippen LogP) is 4.46. The molecular formula is C17H18N2O2S2. The van der Waals surface area contributed by atoms with Gasteiger partial charge in [-0.3, -0.25) is 4.79 Å². The summed E-state index contributed by atoms with van der Waals surface area (Å²) in [5.74, 6) is 1.55. The summed E-state index contributed by atoms with van der Waals surface area (Å²) >= 11 is 3.24. The van der Waals surface area contributed by atoms with Crippen LogP contribution in [0.3, 0.4) is 0 Å². The van der Waals surface area contributed by atoms with Gasteiger partial charge >= 0.3 is 0 Å². The minimum atomic E-state index is -0.0472. The van der Waals surface area contributed by atoms with Crippen molar-refractivity contribution in [2.75, 3.05) is 7.11 Å². The normalized spacial score (nSPS) is 12.5. The highest BCUT2D eigenvalue weighted by atomic mass is 32.2. The van der Waals surface area contributed by atoms with Gasteiger partial charge in [-0.05, 0) is 50.6 Å². The smallest absolute Gasteiger partial charge is 0.259 e. The number of aromatic amines is 1. The van der Waals surface area contributed by atoms with Crippen molar-refractivity contribution in [3.8, 4) is 5.75 Å². The van der Waals surface area contributed by atoms with Gasteiger partial charge in [-0.15, -0.1) is 23.1 Å². The van der Waals surface area contributed by atoms with Crippen molar-refractivity contribution in [1.82, 2.24) is 9.97 Å². The lowest BCUT2D eigenvalue weighted by molar-refractivity contribution is 0.414. The maximum absolute atomic E-state index is 12.4. The third-order valence-corrected chi connectivity index (χ3v) is 6.04. The number of benzene rings is 1. The van der Waals surface area contributed by atoms with Gasteiger partial charge in [0.1, 0.15) is 16.4 Å². The summed E-state index contributed by atoms with van der Waals surface area (Å²) in [6, 6.07) is 7.88. The Morgan fingerprint density at radius 1 is 1.26 bits per heavy atom. The van der Waals surface area contributed by atoms with Gasteiger partial charge in [0.2, 0.25) is 0 Å². The number of methoxy groups -OCH3 is 1. The molecule has 4 nitrogen and oxygen atoms in total. The highest BCUT2D eigenvalue weighted by Gasteiger charge is 2.16. The number of fused-ring (bicyclic) bond motifs is 1. The van der Waals surface area contributed by atoms with E-state index in [1.807, 2.05) is 45.0 Å². The predicted molar refractivity (Wildman–Crippen MR) is 97.0 cm³/mol. The van der Waals surface area contributed by atoms with Crippen LogP contribution < -0.4 is 10.3 Å². The first-order chi connectivity index (χ1) is 11.0. The molecule has 23 heavy (non-hydrogen) atoms. The lowest BCUT2D eigenvalue weighted by Crippen LogP contribution is -2.12. The van der Waals surface area contributed by atoms with Crippen LogP contribution in [0.5, 0.6) is 5.75 Å². The van der Waals surface area contributed by atoms with Gasteiger partial charge in [0.15, 0.2) is 0 Å². The van der Waals surface area contributed by atoms with Crippen molar-refractivity contribution in [1.29, 1.82) is 0 Å². The molecule has 0 saturated heterocycles. The summed E-state index contributed by atoms with van der Waals surface area (Å²) in [6.07, 6.45) is 0. The molecule has 2 aromatic heterocycles. The van der Waals surface area contributed by atoms with Crippen LogP contribution >= 0.6 is 23.1 Å². The number of hydrogen-bond donors (Lipinski definition) is 1. The van der Waals surface area contributed by atoms with E-state index < -0.39 is 0 Å². The molecule has 0 aliphatic heterocycles. The van der Waals surface area contributed by atoms with Gasteiger partial charge in [0.25, 0.3) is 5.56 Å². The fraction of sp³-hybridized carbons (Fsp3) is 0.294. The molecule has 1 atom stereocenters. The second-order valence-corrected chi connectivity index (χ2v) is 7.97. The van der Waals surface area contributed by atoms with Crippen LogP contribution in [-0.2, 0) is 0 Å². The third-order valence-electron chi connectivity index (χ3n) is 3.81. The van der Waals surface area contributed by atoms with E-state index in [1.54, 1.807) is 30.2 Å². The van der Waals surface area contributed by atoms with Crippen molar-refractivity contribution in [2.24, 2.45) is 0 Å². The molecule has 3 rings (SSSR count). The number of thiophene rings is 1. The first-order valence-electron chi connectivity index (χ1n) is 7.30. The molecular weight excluding hydrogens is 328 g/mol. The zero-order valence-electron chi connectivity index (χ0n) is 13.5. The van der Waals surface area contributed by atoms with Crippen LogP contribution in [0, 0.1) is 13.8 Å². The molecule has 0 spiro atoms. The summed E-state index contributed by atoms with van der Waals surface area (Å²) in [6.45, 7) is 6.04. The first-order valence-corrected chi connectivity index (χ1v) is 9.00. The number of aryl methyl sites for hydroxylation is 2. The van der Waals surface area contributed by atoms with E-state index in [1.165, 1.54) is 0 Å². The molecule has 0 bridgehead atoms. The van der Waals surface area contributed by atoms with Crippen LogP contribution in [0.25, 0.3) is 10.2 Å². The van der Waals surface area contributed by atoms with Crippen LogP contribution in [0.2, 0.25) is 0 Å². The molecule has 0 aliphatic carbocycles. The summed E-state index contributed by atoms with van der Waals surface area (Å²) in [7, 11) is 1.65. The maximum atomic E-state index is 12.4. The summed E-state index contributed by atoms with van der Waals surface area (Å²) in [5.41, 5.74) is 0.981. The van der Waals surface area contributed by atoms with Gasteiger partial charge in [0, 0.05) is 9.77 Å². The molecule has 6 heteroatoms. The number of hydrogen-bond acceptors (Lipinski definition) is 5. The van der Waals surface area contributed by atoms with E-state index in [2.05, 4.69) is 9.97 Å². The number of H-pyrrole nitrogens is 1. The number of aromatic nitrogens is 2. The Hall–Kier alpha value is -1.79. The Labute approximate surface area is 142 Å². The summed E-state index contributed by atoms with van der Waals surface area (Å²) in [5, 5.41) is 0.779. The number of thioether (sulfide) groups is 1. The van der Waals surface area contributed by atoms with Crippen molar-refractivity contribution in [2.45, 2.75) is 30.9 Å². The monoisotopic (exact) mass is 346 g/mol. The highest BCUT2D eigenvalue weighted by molar-refractivity contribution is 7.99. The zero-order valence-corrected chi connectivity index (χ0v) is 15.1. The number of rotatable bonds is 4. The van der Waals surface area contributed by atoms with E-state index >= 15 is 0 Å². The second-order valence-electron chi connectivity index (χ2n) is 5.35. The molecule has 1 aromatic carbocycles. The van der Waals surface area contributed by atoms with E-state index in [-0.39, 0.29) is 10.8 Å². The molecule has 1 unspecified atom stereocenters. The molecule has 0 aliphatic rings. The molecule has 0 amide bonds. The summed E-state index contributed by atoms with van der Waals surface area (Å²) < 4.78 is 5.17. The van der Waals surface area contributed by atoms with Crippen LogP contribution in [0.1, 0.15) is 28.4 Å². The molecule has 0 saturated carbocycles. The third kappa shape index (κ3) is 3.14. The van der Waals surface area contributed by atoms with Crippen molar-refractivity contribution >= 4 is 33.3 Å². The van der Waals surface area contributed by atoms with Crippen molar-refractivity contribution < 1.29 is 4.74 Å². The first kappa shape index (κ1) is 16.1. The van der Waals surface area contributed by atoms with Gasteiger partial charge < -0.3 is 9.72 Å². The number of nitrogens with zero attached hydrogens (tertiary/aromatic N) is 1. The van der Waals surface area contributed by atoms with E-state index in [0.717, 1.165) is 31.3 Å². The zero-order chi connectivity index (χ0) is 16.6. The second kappa shape index (κ2) is 6.37. The highest BCUT2D eigenvalue weighted by Crippen LogP contribution is 2.35. The van der Waals surface area contributed by atoms with Gasteiger partial charge in [0.05, 0.1) is 17.7 Å². The quantitative estimate of drug-likeness (QED) is 0.709. The number of ether oxygens (including phenoxy) is 1. The molecule has 3 aromatic rings. The topological polar surface area (TPSA) is 55.0 Å². The Morgan fingerprint density at radius 3 is 2.61 bits per heavy atom. The molecule has 0 fully saturated rings. The van der Waals surface area contributed by atoms with Gasteiger partial charge in [-0.1, -0.05) is 0 Å². The fourth-order valence-corrected chi connectivity index (χ4v) is 4.34. The molecule has 1 N–H and O–H groups in total. The Balaban J connectivity index is 1.91. The molecule has 0 radical (unpaired) electrons. The minimum Gasteiger partial charge on any atom is -0.497 e. The largest absolute Gasteiger partial charge is 0.497 e. The molecule has 2 heterocycles. The fourth-order valence-electron chi connectivity index (χ4n) is 2.38. The average molecular weight is 346 g/mol. The van der Waals surface area contributed by atoms with Crippen LogP contribution in [0.15, 0.2) is 34.0 Å². The van der Waals surface area contributed by atoms with Gasteiger partial charge in [-0.2, -0.15) is 0 Å². The SMILES string of the molecule is COc1ccc(SC(C)c2nc3sc(C)c(C)c3c(=O)[nH]2)cc1. The van der Waals surface area contributed by atoms with E-state index in [9.17, 15) is 4.79 Å². The lowest BCUT2D eigenvalue weighted by atomic mass is 10.2. The maximum Gasteiger partial charge on any atom is 0.259 e. The standard InChI is InChI=1S/C17H18N2O2S2/c1-9-10(2)23-17-14(9)16(20)18-15(19-17)11(3)22-13-7-5-12(21-4)6-8-13/h5-8,11H,1-4H3,(H,18,19,20). The summed E-state index contributed by atoms with van der Waals surface area (Å²) in [4.78, 5) is 23.0. The Bertz CT molecular complexity index is 897. The average Bonchev–Trinajstić information content (AvgIpc) is 2.83. The van der Waals surface area contributed by atoms with Crippen molar-refractivity contribution in [3.05, 3.63) is 50.9 Å². The number of nitrogens with one attached hydrogen (secondary N) is 1. The van der Waals surface area contributed by atoms with E-state index in [4.69, 9.17) is 4.74 Å². The lowest BCUT2D eigenvalue weighted by Gasteiger charge is -2.11. The molecule has 120 valence electrons. The van der Waals surface area contributed by atoms with Crippen LogP contribution in [-0.4, -0.2) is 17.1 Å². The van der Waals surface area contributed by atoms with Crippen LogP contribution in [0.4, 0.5) is 0 Å². The van der Waals surface area contributed by atoms with Gasteiger partial charge in [-0.25, -0.2) is 4.98 Å². The minimum absolute atomic E-state index is 0.0472.